The molecule has 0 aliphatic rings. The SMILES string of the molecule is c1cc2sccn2c1. The van der Waals surface area contributed by atoms with E-state index in [1.807, 2.05) is 12.3 Å². The Bertz CT molecular complexity index is 230. The van der Waals surface area contributed by atoms with Crippen LogP contribution >= 0.6 is 11.3 Å². The highest BCUT2D eigenvalue weighted by atomic mass is 32.1. The van der Waals surface area contributed by atoms with Gasteiger partial charge in [-0.2, -0.15) is 0 Å². The normalized spacial score (nSPS) is 10.5. The van der Waals surface area contributed by atoms with Crippen LogP contribution in [0.1, 0.15) is 0 Å². The Morgan fingerprint density at radius 3 is 3.25 bits per heavy atom. The first kappa shape index (κ1) is 4.15. The van der Waals surface area contributed by atoms with E-state index in [1.54, 1.807) is 11.3 Å². The van der Waals surface area contributed by atoms with E-state index in [0.29, 0.717) is 0 Å². The van der Waals surface area contributed by atoms with Gasteiger partial charge >= 0.3 is 0 Å². The van der Waals surface area contributed by atoms with E-state index in [-0.39, 0.29) is 0 Å². The average molecular weight is 123 g/mol. The van der Waals surface area contributed by atoms with Crippen LogP contribution in [-0.2, 0) is 0 Å². The van der Waals surface area contributed by atoms with Gasteiger partial charge in [0, 0.05) is 17.8 Å². The van der Waals surface area contributed by atoms with Gasteiger partial charge in [0.05, 0.1) is 4.83 Å². The Morgan fingerprint density at radius 2 is 2.38 bits per heavy atom. The number of thiazole rings is 1. The van der Waals surface area contributed by atoms with E-state index < -0.39 is 0 Å². The van der Waals surface area contributed by atoms with E-state index in [4.69, 9.17) is 0 Å². The minimum absolute atomic E-state index is 1.31. The minimum atomic E-state index is 1.31. The summed E-state index contributed by atoms with van der Waals surface area (Å²) in [4.78, 5) is 1.31. The second-order valence-corrected chi connectivity index (χ2v) is 2.58. The molecule has 0 aromatic carbocycles. The van der Waals surface area contributed by atoms with Crippen molar-refractivity contribution in [2.24, 2.45) is 0 Å². The lowest BCUT2D eigenvalue weighted by Gasteiger charge is -1.73. The monoisotopic (exact) mass is 123 g/mol. The summed E-state index contributed by atoms with van der Waals surface area (Å²) in [5, 5.41) is 2.08. The number of aromatic nitrogens is 1. The fourth-order valence-corrected chi connectivity index (χ4v) is 1.50. The third-order valence-corrected chi connectivity index (χ3v) is 2.00. The number of hydrogen-bond acceptors (Lipinski definition) is 1. The molecular weight excluding hydrogens is 118 g/mol. The van der Waals surface area contributed by atoms with Crippen molar-refractivity contribution in [2.75, 3.05) is 0 Å². The van der Waals surface area contributed by atoms with Crippen molar-refractivity contribution in [1.29, 1.82) is 0 Å². The summed E-state index contributed by atoms with van der Waals surface area (Å²) in [6.45, 7) is 0. The van der Waals surface area contributed by atoms with Crippen LogP contribution in [0.5, 0.6) is 0 Å². The number of nitrogens with zero attached hydrogens (tertiary/aromatic N) is 1. The van der Waals surface area contributed by atoms with E-state index in [1.165, 1.54) is 4.83 Å². The first-order valence-electron chi connectivity index (χ1n) is 2.47. The van der Waals surface area contributed by atoms with Gasteiger partial charge in [0.25, 0.3) is 0 Å². The molecule has 0 N–H and O–H groups in total. The Kier molecular flexibility index (Phi) is 0.704. The van der Waals surface area contributed by atoms with Gasteiger partial charge in [-0.15, -0.1) is 11.3 Å². The van der Waals surface area contributed by atoms with Crippen molar-refractivity contribution in [3.8, 4) is 0 Å². The largest absolute Gasteiger partial charge is 0.315 e. The highest BCUT2D eigenvalue weighted by Crippen LogP contribution is 2.10. The van der Waals surface area contributed by atoms with Gasteiger partial charge in [-0.3, -0.25) is 0 Å². The molecule has 0 fully saturated rings. The van der Waals surface area contributed by atoms with Gasteiger partial charge in [0.15, 0.2) is 0 Å². The number of fused-ring (bicyclic) bond motifs is 1. The predicted octanol–water partition coefficient (Wildman–Crippen LogP) is 2.00. The van der Waals surface area contributed by atoms with Crippen LogP contribution in [0, 0.1) is 0 Å². The topological polar surface area (TPSA) is 4.41 Å². The third-order valence-electron chi connectivity index (χ3n) is 1.15. The van der Waals surface area contributed by atoms with E-state index in [2.05, 4.69) is 22.0 Å². The van der Waals surface area contributed by atoms with Crippen LogP contribution in [0.15, 0.2) is 29.9 Å². The van der Waals surface area contributed by atoms with Gasteiger partial charge in [-0.25, -0.2) is 0 Å². The molecule has 0 saturated carbocycles. The molecule has 0 unspecified atom stereocenters. The zero-order chi connectivity index (χ0) is 5.40. The van der Waals surface area contributed by atoms with E-state index >= 15 is 0 Å². The second-order valence-electron chi connectivity index (χ2n) is 1.66. The van der Waals surface area contributed by atoms with Crippen LogP contribution in [0.25, 0.3) is 4.83 Å². The molecule has 2 aromatic rings. The number of rotatable bonds is 0. The Hall–Kier alpha value is -0.760. The average Bonchev–Trinajstić information content (AvgIpc) is 2.15. The van der Waals surface area contributed by atoms with Crippen molar-refractivity contribution in [3.05, 3.63) is 29.9 Å². The maximum absolute atomic E-state index is 2.10. The predicted molar refractivity (Wildman–Crippen MR) is 35.3 cm³/mol. The van der Waals surface area contributed by atoms with Crippen LogP contribution in [0.4, 0.5) is 0 Å². The zero-order valence-electron chi connectivity index (χ0n) is 4.24. The zero-order valence-corrected chi connectivity index (χ0v) is 5.06. The maximum Gasteiger partial charge on any atom is 0.0990 e. The molecule has 0 atom stereocenters. The molecular formula is C6H5NS. The molecule has 2 aromatic heterocycles. The Balaban J connectivity index is 3.06. The molecule has 8 heavy (non-hydrogen) atoms. The lowest BCUT2D eigenvalue weighted by Crippen LogP contribution is -1.64. The van der Waals surface area contributed by atoms with Crippen LogP contribution < -0.4 is 0 Å². The second kappa shape index (κ2) is 1.36. The highest BCUT2D eigenvalue weighted by Gasteiger charge is 1.86. The van der Waals surface area contributed by atoms with Crippen LogP contribution in [0.2, 0.25) is 0 Å². The molecule has 40 valence electrons. The summed E-state index contributed by atoms with van der Waals surface area (Å²) < 4.78 is 2.10. The molecule has 2 heteroatoms. The van der Waals surface area contributed by atoms with Crippen LogP contribution in [0.3, 0.4) is 0 Å². The Labute approximate surface area is 51.2 Å². The molecule has 0 aliphatic carbocycles. The molecule has 0 spiro atoms. The molecule has 2 heterocycles. The van der Waals surface area contributed by atoms with Gasteiger partial charge < -0.3 is 4.40 Å². The van der Waals surface area contributed by atoms with Crippen molar-refractivity contribution >= 4 is 16.2 Å². The summed E-state index contributed by atoms with van der Waals surface area (Å²) in [5.74, 6) is 0. The maximum atomic E-state index is 2.10. The molecule has 0 radical (unpaired) electrons. The summed E-state index contributed by atoms with van der Waals surface area (Å²) in [7, 11) is 0. The van der Waals surface area contributed by atoms with Crippen molar-refractivity contribution < 1.29 is 0 Å². The van der Waals surface area contributed by atoms with Crippen molar-refractivity contribution in [3.63, 3.8) is 0 Å². The van der Waals surface area contributed by atoms with Gasteiger partial charge in [0.2, 0.25) is 0 Å². The molecule has 0 aliphatic heterocycles. The molecule has 1 nitrogen and oxygen atoms in total. The van der Waals surface area contributed by atoms with Crippen molar-refractivity contribution in [2.45, 2.75) is 0 Å². The number of hydrogen-bond donors (Lipinski definition) is 0. The molecule has 0 saturated heterocycles. The van der Waals surface area contributed by atoms with Crippen LogP contribution in [-0.4, -0.2) is 4.40 Å². The smallest absolute Gasteiger partial charge is 0.0990 e. The summed E-state index contributed by atoms with van der Waals surface area (Å²) in [6, 6.07) is 4.15. The fourth-order valence-electron chi connectivity index (χ4n) is 0.767. The lowest BCUT2D eigenvalue weighted by atomic mass is 10.7. The summed E-state index contributed by atoms with van der Waals surface area (Å²) in [5.41, 5.74) is 0. The minimum Gasteiger partial charge on any atom is -0.315 e. The molecule has 0 bridgehead atoms. The van der Waals surface area contributed by atoms with Gasteiger partial charge in [0.1, 0.15) is 0 Å². The Morgan fingerprint density at radius 1 is 1.38 bits per heavy atom. The van der Waals surface area contributed by atoms with E-state index in [0.717, 1.165) is 0 Å². The highest BCUT2D eigenvalue weighted by molar-refractivity contribution is 7.15. The fraction of sp³-hybridized carbons (Fsp3) is 0. The summed E-state index contributed by atoms with van der Waals surface area (Å²) in [6.07, 6.45) is 4.10. The molecule has 0 amide bonds. The lowest BCUT2D eigenvalue weighted by molar-refractivity contribution is 1.24. The summed E-state index contributed by atoms with van der Waals surface area (Å²) >= 11 is 1.76. The molecule has 2 rings (SSSR count). The quantitative estimate of drug-likeness (QED) is 0.504. The van der Waals surface area contributed by atoms with Crippen molar-refractivity contribution in [1.82, 2.24) is 4.40 Å². The first-order chi connectivity index (χ1) is 3.97. The van der Waals surface area contributed by atoms with E-state index in [9.17, 15) is 0 Å². The van der Waals surface area contributed by atoms with Gasteiger partial charge in [-0.1, -0.05) is 0 Å². The third kappa shape index (κ3) is 0.406. The first-order valence-corrected chi connectivity index (χ1v) is 3.35. The standard InChI is InChI=1S/C6H5NS/c1-2-6-7(3-1)4-5-8-6/h1-5H. The van der Waals surface area contributed by atoms with Gasteiger partial charge in [-0.05, 0) is 12.1 Å².